The van der Waals surface area contributed by atoms with Crippen molar-refractivity contribution in [3.8, 4) is 5.75 Å². The number of hydrogen-bond donors (Lipinski definition) is 2. The van der Waals surface area contributed by atoms with Crippen LogP contribution >= 0.6 is 15.9 Å². The highest BCUT2D eigenvalue weighted by molar-refractivity contribution is 9.10. The molecule has 0 heterocycles. The van der Waals surface area contributed by atoms with E-state index < -0.39 is 11.4 Å². The van der Waals surface area contributed by atoms with Gasteiger partial charge in [0.1, 0.15) is 0 Å². The summed E-state index contributed by atoms with van der Waals surface area (Å²) in [6, 6.07) is 2.85. The van der Waals surface area contributed by atoms with Gasteiger partial charge in [0.25, 0.3) is 0 Å². The van der Waals surface area contributed by atoms with Crippen molar-refractivity contribution in [1.82, 2.24) is 0 Å². The van der Waals surface area contributed by atoms with Crippen LogP contribution in [0.25, 0.3) is 0 Å². The molecule has 1 aromatic rings. The number of phenols is 1. The third-order valence-corrected chi connectivity index (χ3v) is 2.37. The van der Waals surface area contributed by atoms with E-state index in [1.165, 1.54) is 6.07 Å². The summed E-state index contributed by atoms with van der Waals surface area (Å²) in [6.07, 6.45) is 0. The predicted molar refractivity (Wildman–Crippen MR) is 53.0 cm³/mol. The fourth-order valence-electron chi connectivity index (χ4n) is 0.938. The van der Waals surface area contributed by atoms with Gasteiger partial charge < -0.3 is 10.8 Å². The fourth-order valence-corrected chi connectivity index (χ4v) is 1.37. The highest BCUT2D eigenvalue weighted by Crippen LogP contribution is 2.31. The molecule has 2 nitrogen and oxygen atoms in total. The average molecular weight is 248 g/mol. The average Bonchev–Trinajstić information content (AvgIpc) is 1.97. The van der Waals surface area contributed by atoms with Gasteiger partial charge in [-0.25, -0.2) is 4.39 Å². The Morgan fingerprint density at radius 2 is 2.00 bits per heavy atom. The first kappa shape index (κ1) is 10.5. The molecule has 13 heavy (non-hydrogen) atoms. The normalized spacial score (nSPS) is 11.8. The Balaban J connectivity index is 3.29. The molecule has 0 spiro atoms. The van der Waals surface area contributed by atoms with Crippen molar-refractivity contribution in [3.63, 3.8) is 0 Å². The first-order chi connectivity index (χ1) is 5.82. The Hall–Kier alpha value is -0.610. The number of phenolic OH excluding ortho intramolecular Hbond substituents is 1. The van der Waals surface area contributed by atoms with Crippen LogP contribution in [0.1, 0.15) is 19.4 Å². The van der Waals surface area contributed by atoms with E-state index in [9.17, 15) is 4.39 Å². The molecular weight excluding hydrogens is 237 g/mol. The first-order valence-electron chi connectivity index (χ1n) is 3.79. The van der Waals surface area contributed by atoms with Crippen LogP contribution in [0.15, 0.2) is 16.6 Å². The van der Waals surface area contributed by atoms with Gasteiger partial charge in [0.15, 0.2) is 11.6 Å². The molecule has 0 aliphatic carbocycles. The lowest BCUT2D eigenvalue weighted by molar-refractivity contribution is 0.425. The van der Waals surface area contributed by atoms with E-state index in [0.717, 1.165) is 0 Å². The van der Waals surface area contributed by atoms with Gasteiger partial charge in [0.2, 0.25) is 0 Å². The second kappa shape index (κ2) is 3.27. The second-order valence-corrected chi connectivity index (χ2v) is 4.36. The Morgan fingerprint density at radius 3 is 2.38 bits per heavy atom. The van der Waals surface area contributed by atoms with Crippen LogP contribution in [-0.4, -0.2) is 5.11 Å². The van der Waals surface area contributed by atoms with E-state index in [1.807, 2.05) is 0 Å². The lowest BCUT2D eigenvalue weighted by Gasteiger charge is -2.19. The molecule has 0 saturated heterocycles. The molecule has 4 heteroatoms. The number of aromatic hydroxyl groups is 1. The smallest absolute Gasteiger partial charge is 0.166 e. The van der Waals surface area contributed by atoms with Crippen LogP contribution in [0.4, 0.5) is 4.39 Å². The zero-order chi connectivity index (χ0) is 10.2. The van der Waals surface area contributed by atoms with Gasteiger partial charge in [-0.15, -0.1) is 0 Å². The van der Waals surface area contributed by atoms with Crippen molar-refractivity contribution >= 4 is 15.9 Å². The number of nitrogens with two attached hydrogens (primary N) is 1. The monoisotopic (exact) mass is 247 g/mol. The van der Waals surface area contributed by atoms with Crippen molar-refractivity contribution in [2.75, 3.05) is 0 Å². The van der Waals surface area contributed by atoms with Crippen molar-refractivity contribution in [2.24, 2.45) is 5.73 Å². The molecule has 0 aromatic heterocycles. The second-order valence-electron chi connectivity index (χ2n) is 3.51. The maximum Gasteiger partial charge on any atom is 0.166 e. The molecule has 0 fully saturated rings. The molecule has 0 radical (unpaired) electrons. The quantitative estimate of drug-likeness (QED) is 0.801. The summed E-state index contributed by atoms with van der Waals surface area (Å²) in [6.45, 7) is 3.54. The molecule has 0 amide bonds. The largest absolute Gasteiger partial charge is 0.504 e. The summed E-state index contributed by atoms with van der Waals surface area (Å²) in [4.78, 5) is 0. The summed E-state index contributed by atoms with van der Waals surface area (Å²) in [5.41, 5.74) is 5.80. The zero-order valence-corrected chi connectivity index (χ0v) is 9.02. The van der Waals surface area contributed by atoms with E-state index >= 15 is 0 Å². The van der Waals surface area contributed by atoms with E-state index in [4.69, 9.17) is 10.8 Å². The molecular formula is C9H11BrFNO. The minimum Gasteiger partial charge on any atom is -0.504 e. The molecule has 0 aliphatic heterocycles. The number of benzene rings is 1. The summed E-state index contributed by atoms with van der Waals surface area (Å²) >= 11 is 3.04. The highest BCUT2D eigenvalue weighted by Gasteiger charge is 2.18. The van der Waals surface area contributed by atoms with E-state index in [0.29, 0.717) is 10.0 Å². The van der Waals surface area contributed by atoms with E-state index in [1.54, 1.807) is 19.9 Å². The topological polar surface area (TPSA) is 46.2 Å². The van der Waals surface area contributed by atoms with Gasteiger partial charge in [0.05, 0.1) is 4.47 Å². The molecule has 1 rings (SSSR count). The summed E-state index contributed by atoms with van der Waals surface area (Å²) in [7, 11) is 0. The summed E-state index contributed by atoms with van der Waals surface area (Å²) < 4.78 is 13.4. The number of hydrogen-bond acceptors (Lipinski definition) is 2. The standard InChI is InChI=1S/C9H11BrFNO/c1-9(2,12)5-3-6(10)8(13)7(11)4-5/h3-4,13H,12H2,1-2H3. The lowest BCUT2D eigenvalue weighted by Crippen LogP contribution is -2.28. The van der Waals surface area contributed by atoms with Gasteiger partial charge in [-0.1, -0.05) is 0 Å². The molecule has 0 atom stereocenters. The highest BCUT2D eigenvalue weighted by atomic mass is 79.9. The minimum absolute atomic E-state index is 0.320. The van der Waals surface area contributed by atoms with Crippen LogP contribution in [0.5, 0.6) is 5.75 Å². The molecule has 0 bridgehead atoms. The first-order valence-corrected chi connectivity index (χ1v) is 4.59. The molecule has 72 valence electrons. The van der Waals surface area contributed by atoms with Crippen molar-refractivity contribution in [3.05, 3.63) is 28.0 Å². The van der Waals surface area contributed by atoms with Crippen molar-refractivity contribution < 1.29 is 9.50 Å². The Kier molecular flexibility index (Phi) is 2.63. The minimum atomic E-state index is -0.664. The molecule has 0 unspecified atom stereocenters. The van der Waals surface area contributed by atoms with Gasteiger partial charge in [-0.3, -0.25) is 0 Å². The fraction of sp³-hybridized carbons (Fsp3) is 0.333. The summed E-state index contributed by atoms with van der Waals surface area (Å²) in [5.74, 6) is -1.05. The number of rotatable bonds is 1. The SMILES string of the molecule is CC(C)(N)c1cc(F)c(O)c(Br)c1. The Morgan fingerprint density at radius 1 is 1.46 bits per heavy atom. The van der Waals surface area contributed by atoms with Gasteiger partial charge in [-0.05, 0) is 47.5 Å². The number of halogens is 2. The van der Waals surface area contributed by atoms with E-state index in [-0.39, 0.29) is 5.75 Å². The lowest BCUT2D eigenvalue weighted by atomic mass is 9.95. The zero-order valence-electron chi connectivity index (χ0n) is 7.44. The third-order valence-electron chi connectivity index (χ3n) is 1.76. The molecule has 0 saturated carbocycles. The van der Waals surface area contributed by atoms with Crippen LogP contribution in [0.3, 0.4) is 0 Å². The predicted octanol–water partition coefficient (Wildman–Crippen LogP) is 2.49. The van der Waals surface area contributed by atoms with Crippen molar-refractivity contribution in [1.29, 1.82) is 0 Å². The third kappa shape index (κ3) is 2.19. The van der Waals surface area contributed by atoms with Crippen LogP contribution in [0.2, 0.25) is 0 Å². The van der Waals surface area contributed by atoms with Crippen LogP contribution in [0, 0.1) is 5.82 Å². The van der Waals surface area contributed by atoms with E-state index in [2.05, 4.69) is 15.9 Å². The van der Waals surface area contributed by atoms with Crippen LogP contribution < -0.4 is 5.73 Å². The molecule has 0 aliphatic rings. The molecule has 1 aromatic carbocycles. The van der Waals surface area contributed by atoms with Gasteiger partial charge in [0, 0.05) is 5.54 Å². The van der Waals surface area contributed by atoms with Gasteiger partial charge >= 0.3 is 0 Å². The maximum atomic E-state index is 13.0. The maximum absolute atomic E-state index is 13.0. The van der Waals surface area contributed by atoms with Crippen LogP contribution in [-0.2, 0) is 5.54 Å². The van der Waals surface area contributed by atoms with Gasteiger partial charge in [-0.2, -0.15) is 0 Å². The van der Waals surface area contributed by atoms with Crippen molar-refractivity contribution in [2.45, 2.75) is 19.4 Å². The molecule has 3 N–H and O–H groups in total. The Labute approximate surface area is 84.7 Å². The summed E-state index contributed by atoms with van der Waals surface area (Å²) in [5, 5.41) is 9.13. The Bertz CT molecular complexity index is 310.